The third-order valence-corrected chi connectivity index (χ3v) is 3.77. The van der Waals surface area contributed by atoms with Crippen molar-refractivity contribution in [2.75, 3.05) is 25.1 Å². The third-order valence-electron chi connectivity index (χ3n) is 3.77. The van der Waals surface area contributed by atoms with Crippen molar-refractivity contribution in [3.8, 4) is 0 Å². The number of hydrogen-bond acceptors (Lipinski definition) is 4. The highest BCUT2D eigenvalue weighted by atomic mass is 16.5. The monoisotopic (exact) mass is 285 g/mol. The van der Waals surface area contributed by atoms with Gasteiger partial charge in [0.25, 0.3) is 0 Å². The second-order valence-corrected chi connectivity index (χ2v) is 5.18. The minimum absolute atomic E-state index is 0.0170. The zero-order valence-electron chi connectivity index (χ0n) is 12.0. The minimum Gasteiger partial charge on any atom is -0.379 e. The summed E-state index contributed by atoms with van der Waals surface area (Å²) in [6.07, 6.45) is 1.73. The first kappa shape index (κ1) is 14.0. The van der Waals surface area contributed by atoms with Crippen LogP contribution in [-0.2, 0) is 9.53 Å². The van der Waals surface area contributed by atoms with Gasteiger partial charge in [-0.3, -0.25) is 9.78 Å². The van der Waals surface area contributed by atoms with Gasteiger partial charge in [0.2, 0.25) is 5.91 Å². The molecule has 5 heteroatoms. The van der Waals surface area contributed by atoms with Crippen molar-refractivity contribution in [1.29, 1.82) is 0 Å². The van der Waals surface area contributed by atoms with E-state index in [1.54, 1.807) is 6.20 Å². The van der Waals surface area contributed by atoms with Crippen molar-refractivity contribution in [1.82, 2.24) is 10.3 Å². The van der Waals surface area contributed by atoms with Crippen molar-refractivity contribution in [3.63, 3.8) is 0 Å². The van der Waals surface area contributed by atoms with Crippen molar-refractivity contribution < 1.29 is 9.53 Å². The van der Waals surface area contributed by atoms with Crippen LogP contribution < -0.4 is 10.6 Å². The summed E-state index contributed by atoms with van der Waals surface area (Å²) in [5, 5.41) is 7.31. The molecule has 2 N–H and O–H groups in total. The van der Waals surface area contributed by atoms with Crippen LogP contribution in [0.1, 0.15) is 6.92 Å². The molecule has 5 nitrogen and oxygen atoms in total. The molecule has 1 amide bonds. The average molecular weight is 285 g/mol. The molecule has 110 valence electrons. The Hall–Kier alpha value is -1.98. The number of carbonyl (C=O) groups is 1. The van der Waals surface area contributed by atoms with Crippen molar-refractivity contribution in [3.05, 3.63) is 36.5 Å². The van der Waals surface area contributed by atoms with Crippen LogP contribution in [0, 0.1) is 5.92 Å². The van der Waals surface area contributed by atoms with E-state index in [0.29, 0.717) is 13.2 Å². The number of ether oxygens (including phenoxy) is 1. The number of aromatic nitrogens is 1. The lowest BCUT2D eigenvalue weighted by atomic mass is 10.0. The van der Waals surface area contributed by atoms with E-state index in [2.05, 4.69) is 15.6 Å². The van der Waals surface area contributed by atoms with E-state index in [0.717, 1.165) is 23.1 Å². The molecular formula is C16H19N3O2. The van der Waals surface area contributed by atoms with Gasteiger partial charge in [0, 0.05) is 17.6 Å². The van der Waals surface area contributed by atoms with Crippen LogP contribution in [0.4, 0.5) is 5.69 Å². The summed E-state index contributed by atoms with van der Waals surface area (Å²) in [5.74, 6) is -0.180. The summed E-state index contributed by atoms with van der Waals surface area (Å²) < 4.78 is 5.43. The molecule has 0 radical (unpaired) electrons. The molecule has 1 aliphatic rings. The first-order valence-corrected chi connectivity index (χ1v) is 7.25. The Labute approximate surface area is 123 Å². The number of anilines is 1. The standard InChI is InChI=1S/C16H19N3O2/c1-2-17-14-10-21-9-12(14)16(20)19-13-7-3-5-11-6-4-8-18-15(11)13/h3-8,12,14,17H,2,9-10H2,1H3,(H,19,20). The maximum absolute atomic E-state index is 12.5. The summed E-state index contributed by atoms with van der Waals surface area (Å²) >= 11 is 0. The van der Waals surface area contributed by atoms with E-state index in [9.17, 15) is 4.79 Å². The fourth-order valence-electron chi connectivity index (χ4n) is 2.71. The Morgan fingerprint density at radius 2 is 2.19 bits per heavy atom. The van der Waals surface area contributed by atoms with Crippen LogP contribution in [0.15, 0.2) is 36.5 Å². The van der Waals surface area contributed by atoms with Crippen molar-refractivity contribution in [2.24, 2.45) is 5.92 Å². The zero-order valence-corrected chi connectivity index (χ0v) is 12.0. The first-order valence-electron chi connectivity index (χ1n) is 7.25. The number of amides is 1. The molecule has 3 rings (SSSR count). The molecule has 2 unspecified atom stereocenters. The molecular weight excluding hydrogens is 266 g/mol. The quantitative estimate of drug-likeness (QED) is 0.899. The van der Waals surface area contributed by atoms with Crippen LogP contribution in [0.25, 0.3) is 10.9 Å². The van der Waals surface area contributed by atoms with Crippen molar-refractivity contribution in [2.45, 2.75) is 13.0 Å². The summed E-state index contributed by atoms with van der Waals surface area (Å²) in [5.41, 5.74) is 1.56. The van der Waals surface area contributed by atoms with E-state index >= 15 is 0 Å². The predicted octanol–water partition coefficient (Wildman–Crippen LogP) is 1.80. The number of likely N-dealkylation sites (N-methyl/N-ethyl adjacent to an activating group) is 1. The first-order chi connectivity index (χ1) is 10.3. The van der Waals surface area contributed by atoms with Gasteiger partial charge < -0.3 is 15.4 Å². The molecule has 0 saturated carbocycles. The lowest BCUT2D eigenvalue weighted by Gasteiger charge is -2.18. The van der Waals surface area contributed by atoms with Crippen LogP contribution in [-0.4, -0.2) is 36.7 Å². The van der Waals surface area contributed by atoms with Crippen LogP contribution in [0.2, 0.25) is 0 Å². The topological polar surface area (TPSA) is 63.2 Å². The predicted molar refractivity (Wildman–Crippen MR) is 82.1 cm³/mol. The molecule has 2 heterocycles. The number of nitrogens with zero attached hydrogens (tertiary/aromatic N) is 1. The normalized spacial score (nSPS) is 21.6. The molecule has 0 spiro atoms. The SMILES string of the molecule is CCNC1COCC1C(=O)Nc1cccc2cccnc12. The second kappa shape index (κ2) is 6.20. The van der Waals surface area contributed by atoms with Gasteiger partial charge in [-0.05, 0) is 18.7 Å². The molecule has 1 aromatic carbocycles. The summed E-state index contributed by atoms with van der Waals surface area (Å²) in [4.78, 5) is 16.8. The minimum atomic E-state index is -0.163. The van der Waals surface area contributed by atoms with E-state index in [-0.39, 0.29) is 17.9 Å². The van der Waals surface area contributed by atoms with Gasteiger partial charge >= 0.3 is 0 Å². The summed E-state index contributed by atoms with van der Waals surface area (Å²) in [6.45, 7) is 3.90. The molecule has 1 saturated heterocycles. The molecule has 0 bridgehead atoms. The number of nitrogens with one attached hydrogen (secondary N) is 2. The number of benzene rings is 1. The summed E-state index contributed by atoms with van der Waals surface area (Å²) in [6, 6.07) is 9.74. The van der Waals surface area contributed by atoms with Gasteiger partial charge in [0.15, 0.2) is 0 Å². The second-order valence-electron chi connectivity index (χ2n) is 5.18. The molecule has 2 aromatic rings. The molecule has 1 aromatic heterocycles. The number of fused-ring (bicyclic) bond motifs is 1. The van der Waals surface area contributed by atoms with Crippen LogP contribution in [0.3, 0.4) is 0 Å². The average Bonchev–Trinajstić information content (AvgIpc) is 2.96. The molecule has 2 atom stereocenters. The Morgan fingerprint density at radius 3 is 3.05 bits per heavy atom. The van der Waals surface area contributed by atoms with Gasteiger partial charge in [0.05, 0.1) is 30.3 Å². The number of carbonyl (C=O) groups excluding carboxylic acids is 1. The van der Waals surface area contributed by atoms with E-state index in [4.69, 9.17) is 4.74 Å². The number of hydrogen-bond donors (Lipinski definition) is 2. The molecule has 1 fully saturated rings. The van der Waals surface area contributed by atoms with Crippen LogP contribution >= 0.6 is 0 Å². The lowest BCUT2D eigenvalue weighted by molar-refractivity contribution is -0.120. The van der Waals surface area contributed by atoms with E-state index in [1.807, 2.05) is 37.3 Å². The van der Waals surface area contributed by atoms with Gasteiger partial charge in [-0.15, -0.1) is 0 Å². The smallest absolute Gasteiger partial charge is 0.231 e. The van der Waals surface area contributed by atoms with Crippen molar-refractivity contribution >= 4 is 22.5 Å². The fourth-order valence-corrected chi connectivity index (χ4v) is 2.71. The zero-order chi connectivity index (χ0) is 14.7. The molecule has 21 heavy (non-hydrogen) atoms. The van der Waals surface area contributed by atoms with Gasteiger partial charge in [-0.25, -0.2) is 0 Å². The van der Waals surface area contributed by atoms with Crippen LogP contribution in [0.5, 0.6) is 0 Å². The highest BCUT2D eigenvalue weighted by Crippen LogP contribution is 2.23. The largest absolute Gasteiger partial charge is 0.379 e. The maximum Gasteiger partial charge on any atom is 0.231 e. The number of pyridine rings is 1. The van der Waals surface area contributed by atoms with Gasteiger partial charge in [0.1, 0.15) is 0 Å². The third kappa shape index (κ3) is 2.89. The lowest BCUT2D eigenvalue weighted by Crippen LogP contribution is -2.41. The van der Waals surface area contributed by atoms with Gasteiger partial charge in [-0.1, -0.05) is 25.1 Å². The highest BCUT2D eigenvalue weighted by Gasteiger charge is 2.33. The Kier molecular flexibility index (Phi) is 4.13. The Bertz CT molecular complexity index is 639. The van der Waals surface area contributed by atoms with E-state index < -0.39 is 0 Å². The number of para-hydroxylation sites is 1. The Morgan fingerprint density at radius 1 is 1.33 bits per heavy atom. The summed E-state index contributed by atoms with van der Waals surface area (Å²) in [7, 11) is 0. The Balaban J connectivity index is 1.80. The van der Waals surface area contributed by atoms with E-state index in [1.165, 1.54) is 0 Å². The molecule has 1 aliphatic heterocycles. The fraction of sp³-hybridized carbons (Fsp3) is 0.375. The van der Waals surface area contributed by atoms with Gasteiger partial charge in [-0.2, -0.15) is 0 Å². The maximum atomic E-state index is 12.5. The number of rotatable bonds is 4. The molecule has 0 aliphatic carbocycles. The highest BCUT2D eigenvalue weighted by molar-refractivity contribution is 6.01.